The quantitative estimate of drug-likeness (QED) is 0.685. The van der Waals surface area contributed by atoms with Crippen molar-refractivity contribution in [3.8, 4) is 11.8 Å². The second kappa shape index (κ2) is 5.38. The number of hydrogen-bond donors (Lipinski definition) is 1. The first-order chi connectivity index (χ1) is 6.70. The van der Waals surface area contributed by atoms with E-state index in [1.54, 1.807) is 0 Å². The molecule has 1 heterocycles. The summed E-state index contributed by atoms with van der Waals surface area (Å²) in [6.07, 6.45) is 2.21. The van der Waals surface area contributed by atoms with Gasteiger partial charge in [-0.15, -0.1) is 11.8 Å². The third-order valence-electron chi connectivity index (χ3n) is 3.06. The van der Waals surface area contributed by atoms with Crippen molar-refractivity contribution < 1.29 is 0 Å². The third-order valence-corrected chi connectivity index (χ3v) is 3.06. The summed E-state index contributed by atoms with van der Waals surface area (Å²) in [6.45, 7) is 11.0. The minimum absolute atomic E-state index is 0.317. The molecule has 0 bridgehead atoms. The van der Waals surface area contributed by atoms with Gasteiger partial charge in [0, 0.05) is 38.1 Å². The molecule has 1 fully saturated rings. The van der Waals surface area contributed by atoms with Crippen LogP contribution in [-0.4, -0.2) is 36.6 Å². The molecule has 0 aromatic heterocycles. The largest absolute Gasteiger partial charge is 0.309 e. The van der Waals surface area contributed by atoms with Gasteiger partial charge in [0.25, 0.3) is 0 Å². The molecule has 0 spiro atoms. The van der Waals surface area contributed by atoms with Crippen LogP contribution in [0.4, 0.5) is 0 Å². The highest BCUT2D eigenvalue weighted by Gasteiger charge is 2.27. The molecule has 1 rings (SSSR count). The highest BCUT2D eigenvalue weighted by molar-refractivity contribution is 4.97. The molecular formula is C12H22N2. The Labute approximate surface area is 88.1 Å². The van der Waals surface area contributed by atoms with Crippen molar-refractivity contribution in [2.45, 2.75) is 39.2 Å². The lowest BCUT2D eigenvalue weighted by atomic mass is 9.96. The zero-order valence-electron chi connectivity index (χ0n) is 9.69. The molecule has 1 aliphatic heterocycles. The Morgan fingerprint density at radius 2 is 2.29 bits per heavy atom. The lowest BCUT2D eigenvalue weighted by molar-refractivity contribution is 0.142. The normalized spacial score (nSPS) is 28.2. The Kier molecular flexibility index (Phi) is 4.44. The number of rotatable bonds is 3. The fraction of sp³-hybridized carbons (Fsp3) is 0.833. The van der Waals surface area contributed by atoms with Crippen molar-refractivity contribution in [1.82, 2.24) is 10.2 Å². The van der Waals surface area contributed by atoms with Gasteiger partial charge in [-0.2, -0.15) is 0 Å². The van der Waals surface area contributed by atoms with E-state index in [4.69, 9.17) is 0 Å². The van der Waals surface area contributed by atoms with E-state index in [2.05, 4.69) is 35.9 Å². The predicted molar refractivity (Wildman–Crippen MR) is 61.2 cm³/mol. The van der Waals surface area contributed by atoms with E-state index in [0.29, 0.717) is 5.54 Å². The molecule has 14 heavy (non-hydrogen) atoms. The topological polar surface area (TPSA) is 15.3 Å². The second-order valence-electron chi connectivity index (χ2n) is 4.29. The Bertz CT molecular complexity index is 226. The SMILES string of the molecule is CC#CCCN1CCNC(C)(CC)C1. The number of hydrogen-bond acceptors (Lipinski definition) is 2. The van der Waals surface area contributed by atoms with E-state index in [1.807, 2.05) is 6.92 Å². The summed E-state index contributed by atoms with van der Waals surface area (Å²) < 4.78 is 0. The van der Waals surface area contributed by atoms with E-state index in [-0.39, 0.29) is 0 Å². The van der Waals surface area contributed by atoms with Gasteiger partial charge in [-0.05, 0) is 20.3 Å². The van der Waals surface area contributed by atoms with Gasteiger partial charge in [-0.25, -0.2) is 0 Å². The molecule has 80 valence electrons. The average molecular weight is 194 g/mol. The van der Waals surface area contributed by atoms with Crippen molar-refractivity contribution in [2.75, 3.05) is 26.2 Å². The van der Waals surface area contributed by atoms with Crippen LogP contribution in [-0.2, 0) is 0 Å². The Morgan fingerprint density at radius 1 is 1.50 bits per heavy atom. The summed E-state index contributed by atoms with van der Waals surface area (Å²) in [5, 5.41) is 3.59. The summed E-state index contributed by atoms with van der Waals surface area (Å²) >= 11 is 0. The summed E-state index contributed by atoms with van der Waals surface area (Å²) in [5.41, 5.74) is 0.317. The Balaban J connectivity index is 2.35. The van der Waals surface area contributed by atoms with Crippen LogP contribution in [0.2, 0.25) is 0 Å². The highest BCUT2D eigenvalue weighted by Crippen LogP contribution is 2.14. The molecule has 2 heteroatoms. The van der Waals surface area contributed by atoms with Crippen LogP contribution in [0.1, 0.15) is 33.6 Å². The molecule has 0 saturated carbocycles. The molecule has 1 aliphatic rings. The van der Waals surface area contributed by atoms with Crippen LogP contribution in [0.3, 0.4) is 0 Å². The zero-order valence-corrected chi connectivity index (χ0v) is 9.69. The van der Waals surface area contributed by atoms with Crippen LogP contribution in [0.25, 0.3) is 0 Å². The van der Waals surface area contributed by atoms with E-state index < -0.39 is 0 Å². The van der Waals surface area contributed by atoms with E-state index >= 15 is 0 Å². The zero-order chi connectivity index (χ0) is 10.4. The summed E-state index contributed by atoms with van der Waals surface area (Å²) in [4.78, 5) is 2.52. The fourth-order valence-electron chi connectivity index (χ4n) is 1.91. The second-order valence-corrected chi connectivity index (χ2v) is 4.29. The molecular weight excluding hydrogens is 172 g/mol. The van der Waals surface area contributed by atoms with Gasteiger partial charge in [0.15, 0.2) is 0 Å². The van der Waals surface area contributed by atoms with Gasteiger partial charge in [-0.3, -0.25) is 4.90 Å². The van der Waals surface area contributed by atoms with Gasteiger partial charge in [0.1, 0.15) is 0 Å². The maximum absolute atomic E-state index is 3.59. The molecule has 1 unspecified atom stereocenters. The minimum atomic E-state index is 0.317. The number of piperazine rings is 1. The molecule has 1 saturated heterocycles. The van der Waals surface area contributed by atoms with Crippen LogP contribution in [0.15, 0.2) is 0 Å². The van der Waals surface area contributed by atoms with Crippen molar-refractivity contribution in [1.29, 1.82) is 0 Å². The Hall–Kier alpha value is -0.520. The van der Waals surface area contributed by atoms with Crippen LogP contribution < -0.4 is 5.32 Å². The lowest BCUT2D eigenvalue weighted by Gasteiger charge is -2.40. The molecule has 0 aliphatic carbocycles. The van der Waals surface area contributed by atoms with Gasteiger partial charge < -0.3 is 5.32 Å². The van der Waals surface area contributed by atoms with Crippen molar-refractivity contribution in [3.05, 3.63) is 0 Å². The van der Waals surface area contributed by atoms with E-state index in [9.17, 15) is 0 Å². The molecule has 0 aromatic rings. The maximum Gasteiger partial charge on any atom is 0.0278 e. The van der Waals surface area contributed by atoms with Crippen molar-refractivity contribution in [2.24, 2.45) is 0 Å². The minimum Gasteiger partial charge on any atom is -0.309 e. The van der Waals surface area contributed by atoms with Gasteiger partial charge in [0.2, 0.25) is 0 Å². The predicted octanol–water partition coefficient (Wildman–Crippen LogP) is 1.47. The van der Waals surface area contributed by atoms with Crippen molar-refractivity contribution >= 4 is 0 Å². The van der Waals surface area contributed by atoms with Crippen LogP contribution >= 0.6 is 0 Å². The third kappa shape index (κ3) is 3.32. The first-order valence-corrected chi connectivity index (χ1v) is 5.57. The average Bonchev–Trinajstić information content (AvgIpc) is 2.19. The molecule has 1 N–H and O–H groups in total. The summed E-state index contributed by atoms with van der Waals surface area (Å²) in [6, 6.07) is 0. The molecule has 2 nitrogen and oxygen atoms in total. The molecule has 0 radical (unpaired) electrons. The standard InChI is InChI=1S/C12H22N2/c1-4-6-7-9-14-10-8-13-12(3,5-2)11-14/h13H,5,7-11H2,1-3H3. The van der Waals surface area contributed by atoms with Gasteiger partial charge >= 0.3 is 0 Å². The number of nitrogens with one attached hydrogen (secondary N) is 1. The van der Waals surface area contributed by atoms with Gasteiger partial charge in [-0.1, -0.05) is 6.92 Å². The monoisotopic (exact) mass is 194 g/mol. The molecule has 0 aromatic carbocycles. The van der Waals surface area contributed by atoms with E-state index in [0.717, 1.165) is 26.1 Å². The molecule has 0 amide bonds. The number of nitrogens with zero attached hydrogens (tertiary/aromatic N) is 1. The fourth-order valence-corrected chi connectivity index (χ4v) is 1.91. The molecule has 1 atom stereocenters. The first kappa shape index (κ1) is 11.6. The van der Waals surface area contributed by atoms with Crippen molar-refractivity contribution in [3.63, 3.8) is 0 Å². The van der Waals surface area contributed by atoms with Crippen LogP contribution in [0.5, 0.6) is 0 Å². The summed E-state index contributed by atoms with van der Waals surface area (Å²) in [7, 11) is 0. The van der Waals surface area contributed by atoms with Crippen LogP contribution in [0, 0.1) is 11.8 Å². The first-order valence-electron chi connectivity index (χ1n) is 5.57. The van der Waals surface area contributed by atoms with Gasteiger partial charge in [0.05, 0.1) is 0 Å². The maximum atomic E-state index is 3.59. The summed E-state index contributed by atoms with van der Waals surface area (Å²) in [5.74, 6) is 6.08. The Morgan fingerprint density at radius 3 is 2.93 bits per heavy atom. The van der Waals surface area contributed by atoms with E-state index in [1.165, 1.54) is 13.0 Å². The highest BCUT2D eigenvalue weighted by atomic mass is 15.2. The smallest absolute Gasteiger partial charge is 0.0278 e. The lowest BCUT2D eigenvalue weighted by Crippen LogP contribution is -2.58.